The van der Waals surface area contributed by atoms with Gasteiger partial charge in [0, 0.05) is 31.9 Å². The summed E-state index contributed by atoms with van der Waals surface area (Å²) in [5.74, 6) is 1.65. The minimum Gasteiger partial charge on any atom is -0.246 e. The number of rotatable bonds is 3. The normalized spacial score (nSPS) is 18.9. The molecule has 24 heavy (non-hydrogen) atoms. The summed E-state index contributed by atoms with van der Waals surface area (Å²) in [6.07, 6.45) is 1.21. The van der Waals surface area contributed by atoms with Gasteiger partial charge in [0.2, 0.25) is 5.44 Å². The third-order valence-electron chi connectivity index (χ3n) is 4.50. The molecular weight excluding hydrogens is 351 g/mol. The largest absolute Gasteiger partial charge is 0.297 e. The van der Waals surface area contributed by atoms with Crippen molar-refractivity contribution < 1.29 is 3.97 Å². The zero-order valence-electron chi connectivity index (χ0n) is 13.4. The van der Waals surface area contributed by atoms with E-state index in [1.807, 2.05) is 23.9 Å². The average Bonchev–Trinajstić information content (AvgIpc) is 2.94. The number of fused-ring (bicyclic) bond motifs is 4. The van der Waals surface area contributed by atoms with Crippen LogP contribution in [-0.4, -0.2) is 5.75 Å². The summed E-state index contributed by atoms with van der Waals surface area (Å²) in [5, 5.41) is 4.18. The topological polar surface area (TPSA) is 7.12 Å². The van der Waals surface area contributed by atoms with Crippen LogP contribution in [0.2, 0.25) is 0 Å². The fourth-order valence-corrected chi connectivity index (χ4v) is 7.46. The minimum atomic E-state index is 0.475. The number of aromatic nitrogens is 1. The van der Waals surface area contributed by atoms with Gasteiger partial charge in [0.1, 0.15) is 0 Å². The maximum Gasteiger partial charge on any atom is 0.297 e. The Labute approximate surface area is 152 Å². The molecule has 5 rings (SSSR count). The maximum atomic E-state index is 2.53. The fourth-order valence-electron chi connectivity index (χ4n) is 3.46. The van der Waals surface area contributed by atoms with Gasteiger partial charge >= 0.3 is 0 Å². The molecule has 0 bridgehead atoms. The lowest BCUT2D eigenvalue weighted by molar-refractivity contribution is -0.519. The standard InChI is InChI=1S/C19H18N2PS2/c1-2-12-23-17-11-5-10-16-21(17)24-20-15-9-4-7-13-6-3-8-14(18(13)15)19(20)22-16/h3-11,19,22H,2,12H2,1H3/q+1. The molecule has 0 amide bonds. The Kier molecular flexibility index (Phi) is 3.73. The van der Waals surface area contributed by atoms with Crippen molar-refractivity contribution in [3.63, 3.8) is 0 Å². The van der Waals surface area contributed by atoms with E-state index in [-0.39, 0.29) is 0 Å². The van der Waals surface area contributed by atoms with E-state index in [9.17, 15) is 0 Å². The van der Waals surface area contributed by atoms with Crippen LogP contribution >= 0.6 is 32.5 Å². The second-order valence-electron chi connectivity index (χ2n) is 6.07. The Morgan fingerprint density at radius 2 is 1.96 bits per heavy atom. The van der Waals surface area contributed by atoms with Gasteiger partial charge in [-0.15, -0.1) is 0 Å². The predicted octanol–water partition coefficient (Wildman–Crippen LogP) is 4.88. The average molecular weight is 369 g/mol. The second kappa shape index (κ2) is 5.94. The van der Waals surface area contributed by atoms with Crippen molar-refractivity contribution in [2.45, 2.75) is 24.2 Å². The Balaban J connectivity index is 1.63. The monoisotopic (exact) mass is 369 g/mol. The molecule has 2 unspecified atom stereocenters. The first-order valence-electron chi connectivity index (χ1n) is 8.30. The molecule has 2 nitrogen and oxygen atoms in total. The van der Waals surface area contributed by atoms with Crippen molar-refractivity contribution in [2.75, 3.05) is 10.1 Å². The predicted molar refractivity (Wildman–Crippen MR) is 108 cm³/mol. The van der Waals surface area contributed by atoms with E-state index < -0.39 is 0 Å². The SMILES string of the molecule is CCCSc1cccc2[n+]1SN1c3cccc4cccc(c34)C1P2. The highest BCUT2D eigenvalue weighted by molar-refractivity contribution is 8.00. The van der Waals surface area contributed by atoms with Crippen LogP contribution in [0.4, 0.5) is 5.69 Å². The van der Waals surface area contributed by atoms with Gasteiger partial charge < -0.3 is 0 Å². The number of hydrogen-bond donors (Lipinski definition) is 0. The van der Waals surface area contributed by atoms with Crippen LogP contribution in [0, 0.1) is 0 Å². The van der Waals surface area contributed by atoms with Gasteiger partial charge in [0.05, 0.1) is 11.5 Å². The van der Waals surface area contributed by atoms with Gasteiger partial charge in [-0.05, 0) is 29.5 Å². The first-order valence-corrected chi connectivity index (χ1v) is 11.1. The quantitative estimate of drug-likeness (QED) is 0.281. The molecule has 0 radical (unpaired) electrons. The van der Waals surface area contributed by atoms with Crippen LogP contribution in [0.1, 0.15) is 24.7 Å². The molecule has 2 aromatic carbocycles. The van der Waals surface area contributed by atoms with Crippen LogP contribution < -0.4 is 13.7 Å². The number of nitrogens with zero attached hydrogens (tertiary/aromatic N) is 2. The zero-order valence-corrected chi connectivity index (χ0v) is 16.0. The van der Waals surface area contributed by atoms with Gasteiger partial charge in [-0.3, -0.25) is 0 Å². The molecule has 2 atom stereocenters. The summed E-state index contributed by atoms with van der Waals surface area (Å²) in [7, 11) is 0.774. The van der Waals surface area contributed by atoms with Crippen molar-refractivity contribution in [1.82, 2.24) is 0 Å². The molecule has 3 heterocycles. The molecule has 0 aliphatic carbocycles. The van der Waals surface area contributed by atoms with Crippen molar-refractivity contribution in [3.8, 4) is 0 Å². The molecule has 0 saturated carbocycles. The summed E-state index contributed by atoms with van der Waals surface area (Å²) < 4.78 is 4.97. The second-order valence-corrected chi connectivity index (χ2v) is 9.45. The minimum absolute atomic E-state index is 0.475. The Bertz CT molecular complexity index is 939. The van der Waals surface area contributed by atoms with Gasteiger partial charge in [-0.1, -0.05) is 53.0 Å². The van der Waals surface area contributed by atoms with Gasteiger partial charge in [-0.2, -0.15) is 0 Å². The Morgan fingerprint density at radius 1 is 1.12 bits per heavy atom. The van der Waals surface area contributed by atoms with Crippen molar-refractivity contribution in [3.05, 3.63) is 60.2 Å². The third-order valence-corrected chi connectivity index (χ3v) is 8.86. The molecule has 0 N–H and O–H groups in total. The number of anilines is 1. The van der Waals surface area contributed by atoms with E-state index in [2.05, 4.69) is 69.8 Å². The smallest absolute Gasteiger partial charge is 0.246 e. The highest BCUT2D eigenvalue weighted by Gasteiger charge is 2.42. The highest BCUT2D eigenvalue weighted by Crippen LogP contribution is 2.55. The summed E-state index contributed by atoms with van der Waals surface area (Å²) in [5.41, 5.74) is 4.32. The van der Waals surface area contributed by atoms with Crippen LogP contribution in [0.3, 0.4) is 0 Å². The Morgan fingerprint density at radius 3 is 2.83 bits per heavy atom. The van der Waals surface area contributed by atoms with Gasteiger partial charge in [0.15, 0.2) is 0 Å². The van der Waals surface area contributed by atoms with Gasteiger partial charge in [0.25, 0.3) is 17.2 Å². The molecular formula is C19H18N2PS2+. The molecule has 2 aliphatic heterocycles. The third kappa shape index (κ3) is 2.20. The summed E-state index contributed by atoms with van der Waals surface area (Å²) >= 11 is 3.84. The van der Waals surface area contributed by atoms with E-state index in [0.29, 0.717) is 5.78 Å². The summed E-state index contributed by atoms with van der Waals surface area (Å²) in [6.45, 7) is 2.25. The van der Waals surface area contributed by atoms with Gasteiger partial charge in [-0.25, -0.2) is 4.31 Å². The number of pyridine rings is 1. The Hall–Kier alpha value is -1.22. The first-order chi connectivity index (χ1) is 11.9. The van der Waals surface area contributed by atoms with E-state index in [4.69, 9.17) is 0 Å². The van der Waals surface area contributed by atoms with Crippen LogP contribution in [0.15, 0.2) is 59.6 Å². The maximum absolute atomic E-state index is 2.53. The fraction of sp³-hybridized carbons (Fsp3) is 0.211. The highest BCUT2D eigenvalue weighted by atomic mass is 32.2. The molecule has 3 aromatic rings. The lowest BCUT2D eigenvalue weighted by Crippen LogP contribution is -2.50. The van der Waals surface area contributed by atoms with Crippen LogP contribution in [-0.2, 0) is 0 Å². The molecule has 5 heteroatoms. The lowest BCUT2D eigenvalue weighted by Gasteiger charge is -2.27. The van der Waals surface area contributed by atoms with Crippen LogP contribution in [0.25, 0.3) is 10.8 Å². The zero-order chi connectivity index (χ0) is 16.1. The number of benzene rings is 2. The van der Waals surface area contributed by atoms with E-state index in [0.717, 1.165) is 8.58 Å². The molecule has 1 aromatic heterocycles. The molecule has 0 saturated heterocycles. The lowest BCUT2D eigenvalue weighted by atomic mass is 10.1. The number of thioether (sulfide) groups is 1. The van der Waals surface area contributed by atoms with E-state index >= 15 is 0 Å². The molecule has 2 aliphatic rings. The summed E-state index contributed by atoms with van der Waals surface area (Å²) in [4.78, 5) is 0. The first kappa shape index (κ1) is 15.1. The molecule has 0 fully saturated rings. The van der Waals surface area contributed by atoms with E-state index in [1.54, 1.807) is 0 Å². The van der Waals surface area contributed by atoms with Crippen molar-refractivity contribution in [2.24, 2.45) is 0 Å². The molecule has 0 spiro atoms. The molecule has 120 valence electrons. The van der Waals surface area contributed by atoms with Crippen molar-refractivity contribution >= 4 is 54.4 Å². The van der Waals surface area contributed by atoms with Crippen LogP contribution in [0.5, 0.6) is 0 Å². The number of hydrogen-bond acceptors (Lipinski definition) is 3. The van der Waals surface area contributed by atoms with E-state index in [1.165, 1.54) is 44.7 Å². The summed E-state index contributed by atoms with van der Waals surface area (Å²) in [6, 6.07) is 20.2. The van der Waals surface area contributed by atoms with Crippen molar-refractivity contribution in [1.29, 1.82) is 0 Å².